The highest BCUT2D eigenvalue weighted by atomic mass is 28.4. The monoisotopic (exact) mass is 470 g/mol. The van der Waals surface area contributed by atoms with E-state index < -0.39 is 20.0 Å². The Morgan fingerprint density at radius 3 is 1.85 bits per heavy atom. The van der Waals surface area contributed by atoms with Crippen LogP contribution in [0.1, 0.15) is 60.8 Å². The molecular weight excluding hydrogens is 428 g/mol. The Kier molecular flexibility index (Phi) is 9.70. The number of amides is 1. The first-order valence-corrected chi connectivity index (χ1v) is 13.8. The maximum absolute atomic E-state index is 12.6. The SMILES string of the molecule is CC(C)(C)OC(=O)N[C@@H](CCCCN)CO[Si](c1ccccc1)(c1ccccc1)C(C)(C)C. The van der Waals surface area contributed by atoms with Crippen molar-refractivity contribution in [3.05, 3.63) is 60.7 Å². The Morgan fingerprint density at radius 1 is 0.909 bits per heavy atom. The maximum Gasteiger partial charge on any atom is 0.407 e. The van der Waals surface area contributed by atoms with Crippen LogP contribution in [0.3, 0.4) is 0 Å². The second-order valence-electron chi connectivity index (χ2n) is 10.6. The highest BCUT2D eigenvalue weighted by Gasteiger charge is 2.50. The predicted octanol–water partition coefficient (Wildman–Crippen LogP) is 4.59. The van der Waals surface area contributed by atoms with E-state index >= 15 is 0 Å². The zero-order valence-corrected chi connectivity index (χ0v) is 22.2. The van der Waals surface area contributed by atoms with Crippen LogP contribution < -0.4 is 21.4 Å². The zero-order chi connectivity index (χ0) is 24.5. The number of unbranched alkanes of at least 4 members (excludes halogenated alkanes) is 1. The fourth-order valence-corrected chi connectivity index (χ4v) is 8.80. The Balaban J connectivity index is 2.39. The van der Waals surface area contributed by atoms with Gasteiger partial charge in [0.25, 0.3) is 8.32 Å². The van der Waals surface area contributed by atoms with Gasteiger partial charge in [-0.25, -0.2) is 4.79 Å². The van der Waals surface area contributed by atoms with Crippen LogP contribution in [-0.4, -0.2) is 39.2 Å². The quantitative estimate of drug-likeness (QED) is 0.394. The summed E-state index contributed by atoms with van der Waals surface area (Å²) in [5.74, 6) is 0. The van der Waals surface area contributed by atoms with E-state index in [1.165, 1.54) is 10.4 Å². The lowest BCUT2D eigenvalue weighted by atomic mass is 10.1. The molecule has 0 aliphatic heterocycles. The first-order valence-electron chi connectivity index (χ1n) is 11.9. The summed E-state index contributed by atoms with van der Waals surface area (Å²) < 4.78 is 12.6. The molecule has 0 unspecified atom stereocenters. The van der Waals surface area contributed by atoms with Crippen molar-refractivity contribution in [1.82, 2.24) is 5.32 Å². The van der Waals surface area contributed by atoms with Crippen LogP contribution in [-0.2, 0) is 9.16 Å². The van der Waals surface area contributed by atoms with Crippen LogP contribution >= 0.6 is 0 Å². The molecule has 33 heavy (non-hydrogen) atoms. The number of alkyl carbamates (subject to hydrolysis) is 1. The first-order chi connectivity index (χ1) is 15.5. The van der Waals surface area contributed by atoms with Gasteiger partial charge in [0, 0.05) is 0 Å². The van der Waals surface area contributed by atoms with Gasteiger partial charge in [-0.05, 0) is 55.6 Å². The Morgan fingerprint density at radius 2 is 1.42 bits per heavy atom. The van der Waals surface area contributed by atoms with Gasteiger partial charge in [0.1, 0.15) is 5.60 Å². The molecule has 0 aromatic heterocycles. The summed E-state index contributed by atoms with van der Waals surface area (Å²) >= 11 is 0. The molecule has 5 nitrogen and oxygen atoms in total. The summed E-state index contributed by atoms with van der Waals surface area (Å²) in [6.07, 6.45) is 2.20. The van der Waals surface area contributed by atoms with Crippen molar-refractivity contribution in [2.24, 2.45) is 5.73 Å². The predicted molar refractivity (Wildman–Crippen MR) is 140 cm³/mol. The molecule has 0 aliphatic rings. The summed E-state index contributed by atoms with van der Waals surface area (Å²) in [6.45, 7) is 13.4. The first kappa shape index (κ1) is 27.1. The second kappa shape index (κ2) is 11.8. The van der Waals surface area contributed by atoms with Gasteiger partial charge < -0.3 is 20.2 Å². The summed E-state index contributed by atoms with van der Waals surface area (Å²) in [5, 5.41) is 5.38. The van der Waals surface area contributed by atoms with Crippen molar-refractivity contribution in [2.45, 2.75) is 77.5 Å². The molecular formula is C27H42N2O3Si. The van der Waals surface area contributed by atoms with E-state index in [1.807, 2.05) is 32.9 Å². The lowest BCUT2D eigenvalue weighted by Crippen LogP contribution is -2.67. The molecule has 0 saturated carbocycles. The van der Waals surface area contributed by atoms with E-state index in [0.717, 1.165) is 19.3 Å². The summed E-state index contributed by atoms with van der Waals surface area (Å²) in [4.78, 5) is 12.6. The number of carbonyl (C=O) groups excluding carboxylic acids is 1. The third-order valence-corrected chi connectivity index (χ3v) is 10.7. The summed E-state index contributed by atoms with van der Waals surface area (Å²) in [5.41, 5.74) is 5.16. The molecule has 182 valence electrons. The van der Waals surface area contributed by atoms with Crippen LogP contribution in [0.25, 0.3) is 0 Å². The number of benzene rings is 2. The van der Waals surface area contributed by atoms with Gasteiger partial charge in [-0.2, -0.15) is 0 Å². The number of hydrogen-bond donors (Lipinski definition) is 2. The molecule has 0 saturated heterocycles. The van der Waals surface area contributed by atoms with Crippen LogP contribution in [0.4, 0.5) is 4.79 Å². The highest BCUT2D eigenvalue weighted by Crippen LogP contribution is 2.36. The zero-order valence-electron chi connectivity index (χ0n) is 21.2. The summed E-state index contributed by atoms with van der Waals surface area (Å²) in [6, 6.07) is 20.9. The largest absolute Gasteiger partial charge is 0.444 e. The average molecular weight is 471 g/mol. The van der Waals surface area contributed by atoms with Gasteiger partial charge in [-0.1, -0.05) is 87.9 Å². The fourth-order valence-electron chi connectivity index (χ4n) is 4.19. The minimum absolute atomic E-state index is 0.122. The van der Waals surface area contributed by atoms with E-state index in [4.69, 9.17) is 14.9 Å². The van der Waals surface area contributed by atoms with Crippen molar-refractivity contribution in [3.63, 3.8) is 0 Å². The second-order valence-corrected chi connectivity index (χ2v) is 14.9. The number of nitrogens with two attached hydrogens (primary N) is 1. The molecule has 1 atom stereocenters. The Labute approximate surface area is 201 Å². The maximum atomic E-state index is 12.6. The Hall–Kier alpha value is -2.15. The molecule has 0 aliphatic carbocycles. The van der Waals surface area contributed by atoms with Crippen molar-refractivity contribution in [2.75, 3.05) is 13.2 Å². The number of hydrogen-bond acceptors (Lipinski definition) is 4. The molecule has 0 radical (unpaired) electrons. The lowest BCUT2D eigenvalue weighted by Gasteiger charge is -2.43. The van der Waals surface area contributed by atoms with Gasteiger partial charge in [-0.15, -0.1) is 0 Å². The minimum atomic E-state index is -2.67. The minimum Gasteiger partial charge on any atom is -0.444 e. The number of ether oxygens (including phenoxy) is 1. The highest BCUT2D eigenvalue weighted by molar-refractivity contribution is 6.99. The number of rotatable bonds is 10. The van der Waals surface area contributed by atoms with E-state index in [2.05, 4.69) is 74.6 Å². The van der Waals surface area contributed by atoms with E-state index in [1.54, 1.807) is 0 Å². The molecule has 2 aromatic rings. The molecule has 6 heteroatoms. The van der Waals surface area contributed by atoms with Crippen molar-refractivity contribution in [3.8, 4) is 0 Å². The van der Waals surface area contributed by atoms with Gasteiger partial charge in [0.2, 0.25) is 0 Å². The molecule has 0 bridgehead atoms. The molecule has 0 spiro atoms. The van der Waals surface area contributed by atoms with Crippen molar-refractivity contribution >= 4 is 24.8 Å². The van der Waals surface area contributed by atoms with E-state index in [0.29, 0.717) is 13.2 Å². The van der Waals surface area contributed by atoms with Crippen molar-refractivity contribution < 1.29 is 14.0 Å². The van der Waals surface area contributed by atoms with E-state index in [-0.39, 0.29) is 11.1 Å². The molecule has 0 heterocycles. The third kappa shape index (κ3) is 7.69. The average Bonchev–Trinajstić information content (AvgIpc) is 2.73. The Bertz CT molecular complexity index is 806. The van der Waals surface area contributed by atoms with Crippen LogP contribution in [0.15, 0.2) is 60.7 Å². The third-order valence-electron chi connectivity index (χ3n) is 5.65. The lowest BCUT2D eigenvalue weighted by molar-refractivity contribution is 0.0482. The number of nitrogens with one attached hydrogen (secondary N) is 1. The molecule has 2 rings (SSSR count). The fraction of sp³-hybridized carbons (Fsp3) is 0.519. The van der Waals surface area contributed by atoms with Gasteiger partial charge in [0.15, 0.2) is 0 Å². The van der Waals surface area contributed by atoms with Gasteiger partial charge in [-0.3, -0.25) is 0 Å². The summed E-state index contributed by atoms with van der Waals surface area (Å²) in [7, 11) is -2.67. The molecule has 1 amide bonds. The smallest absolute Gasteiger partial charge is 0.407 e. The van der Waals surface area contributed by atoms with E-state index in [9.17, 15) is 4.79 Å². The van der Waals surface area contributed by atoms with Crippen molar-refractivity contribution in [1.29, 1.82) is 0 Å². The number of carbonyl (C=O) groups is 1. The van der Waals surface area contributed by atoms with Gasteiger partial charge >= 0.3 is 6.09 Å². The standard InChI is InChI=1S/C27H42N2O3Si/c1-26(2,3)32-25(30)29-22(15-13-14-20-28)21-31-33(27(4,5)6,23-16-9-7-10-17-23)24-18-11-8-12-19-24/h7-12,16-19,22H,13-15,20-21,28H2,1-6H3,(H,29,30)/t22-/m0/s1. The van der Waals surface area contributed by atoms with Crippen LogP contribution in [0.5, 0.6) is 0 Å². The normalized spacial score (nSPS) is 13.4. The molecule has 0 fully saturated rings. The molecule has 2 aromatic carbocycles. The topological polar surface area (TPSA) is 73.6 Å². The molecule has 3 N–H and O–H groups in total. The van der Waals surface area contributed by atoms with Crippen LogP contribution in [0, 0.1) is 0 Å². The van der Waals surface area contributed by atoms with Gasteiger partial charge in [0.05, 0.1) is 12.6 Å². The van der Waals surface area contributed by atoms with Crippen LogP contribution in [0.2, 0.25) is 5.04 Å².